The third-order valence-electron chi connectivity index (χ3n) is 1.42. The van der Waals surface area contributed by atoms with E-state index in [1.807, 2.05) is 34.6 Å². The normalized spacial score (nSPS) is 15.9. The Morgan fingerprint density at radius 1 is 1.30 bits per heavy atom. The van der Waals surface area contributed by atoms with E-state index < -0.39 is 0 Å². The van der Waals surface area contributed by atoms with Gasteiger partial charge in [0.25, 0.3) is 0 Å². The Bertz CT molecular complexity index is 91.9. The van der Waals surface area contributed by atoms with Crippen LogP contribution in [0.25, 0.3) is 0 Å². The molecule has 0 aromatic rings. The monoisotopic (exact) mass is 145 g/mol. The van der Waals surface area contributed by atoms with Gasteiger partial charge in [0.15, 0.2) is 0 Å². The fourth-order valence-electron chi connectivity index (χ4n) is 1.13. The Hall–Kier alpha value is -0.0800. The maximum absolute atomic E-state index is 8.51. The Kier molecular flexibility index (Phi) is 3.33. The van der Waals surface area contributed by atoms with Gasteiger partial charge >= 0.3 is 0 Å². The van der Waals surface area contributed by atoms with E-state index >= 15 is 0 Å². The molecule has 0 aliphatic heterocycles. The summed E-state index contributed by atoms with van der Waals surface area (Å²) in [6, 6.07) is 0. The first-order valence-corrected chi connectivity index (χ1v) is 3.50. The molecule has 0 rings (SSSR count). The van der Waals surface area contributed by atoms with Crippen molar-refractivity contribution in [3.63, 3.8) is 0 Å². The molecule has 0 fully saturated rings. The van der Waals surface area contributed by atoms with Gasteiger partial charge in [0.05, 0.1) is 0 Å². The first-order valence-electron chi connectivity index (χ1n) is 3.50. The molecule has 0 saturated heterocycles. The van der Waals surface area contributed by atoms with Gasteiger partial charge in [-0.25, -0.2) is 4.89 Å². The van der Waals surface area contributed by atoms with E-state index in [1.54, 1.807) is 0 Å². The lowest BCUT2D eigenvalue weighted by Gasteiger charge is -2.30. The maximum atomic E-state index is 8.51. The molecule has 0 spiro atoms. The molecule has 10 heavy (non-hydrogen) atoms. The minimum atomic E-state index is -0.160. The molecule has 1 atom stereocenters. The van der Waals surface area contributed by atoms with Crippen molar-refractivity contribution < 1.29 is 10.1 Å². The zero-order chi connectivity index (χ0) is 8.36. The Morgan fingerprint density at radius 3 is 1.70 bits per heavy atom. The molecule has 1 N–H and O–H groups in total. The van der Waals surface area contributed by atoms with Gasteiger partial charge in [0, 0.05) is 5.92 Å². The lowest BCUT2D eigenvalue weighted by Crippen LogP contribution is -2.32. The molecule has 1 unspecified atom stereocenters. The smallest absolute Gasteiger partial charge is 0.103 e. The fraction of sp³-hybridized carbons (Fsp3) is 0.875. The van der Waals surface area contributed by atoms with Gasteiger partial charge in [-0.1, -0.05) is 34.6 Å². The van der Waals surface area contributed by atoms with Crippen molar-refractivity contribution in [2.45, 2.75) is 40.7 Å². The van der Waals surface area contributed by atoms with Crippen molar-refractivity contribution >= 4 is 0 Å². The van der Waals surface area contributed by atoms with Gasteiger partial charge < -0.3 is 0 Å². The minimum absolute atomic E-state index is 0.0203. The summed E-state index contributed by atoms with van der Waals surface area (Å²) in [6.45, 7) is 9.99. The van der Waals surface area contributed by atoms with Crippen LogP contribution in [0.4, 0.5) is 0 Å². The van der Waals surface area contributed by atoms with Gasteiger partial charge in [-0.15, -0.1) is 0 Å². The van der Waals surface area contributed by atoms with Crippen molar-refractivity contribution in [1.82, 2.24) is 0 Å². The first-order chi connectivity index (χ1) is 4.39. The van der Waals surface area contributed by atoms with E-state index in [9.17, 15) is 0 Å². The minimum Gasteiger partial charge on any atom is -0.251 e. The van der Waals surface area contributed by atoms with E-state index in [0.29, 0.717) is 0 Å². The first kappa shape index (κ1) is 9.92. The van der Waals surface area contributed by atoms with Crippen molar-refractivity contribution in [2.24, 2.45) is 5.41 Å². The molecule has 0 aromatic carbocycles. The molecule has 0 aromatic heterocycles. The number of hydrogen-bond acceptors (Lipinski definition) is 2. The summed E-state index contributed by atoms with van der Waals surface area (Å²) in [5.41, 5.74) is -0.0203. The summed E-state index contributed by atoms with van der Waals surface area (Å²) in [7, 11) is 0. The average molecular weight is 145 g/mol. The summed E-state index contributed by atoms with van der Waals surface area (Å²) >= 11 is 0. The summed E-state index contributed by atoms with van der Waals surface area (Å²) in [4.78, 5) is 4.34. The molecule has 0 bridgehead atoms. The predicted octanol–water partition coefficient (Wildman–Crippen LogP) is 2.50. The number of hydrogen-bond donors (Lipinski definition) is 1. The van der Waals surface area contributed by atoms with Crippen molar-refractivity contribution in [1.29, 1.82) is 0 Å². The molecule has 0 aliphatic rings. The van der Waals surface area contributed by atoms with E-state index in [-0.39, 0.29) is 11.5 Å². The third-order valence-corrected chi connectivity index (χ3v) is 1.42. The van der Waals surface area contributed by atoms with Crippen LogP contribution < -0.4 is 0 Å². The molecule has 0 aliphatic carbocycles. The van der Waals surface area contributed by atoms with E-state index in [0.717, 1.165) is 5.92 Å². The molecule has 0 amide bonds. The molecule has 2 heteroatoms. The average Bonchev–Trinajstić information content (AvgIpc) is 1.60. The van der Waals surface area contributed by atoms with Crippen molar-refractivity contribution in [2.75, 3.05) is 0 Å². The lowest BCUT2D eigenvalue weighted by atomic mass is 9.83. The SMILES string of the molecule is C[C](C)C(OO)C(C)(C)C. The van der Waals surface area contributed by atoms with Gasteiger partial charge in [-0.2, -0.15) is 0 Å². The largest absolute Gasteiger partial charge is 0.251 e. The zero-order valence-electron chi connectivity index (χ0n) is 7.43. The summed E-state index contributed by atoms with van der Waals surface area (Å²) in [5, 5.41) is 8.51. The van der Waals surface area contributed by atoms with Crippen LogP contribution in [0.1, 0.15) is 34.6 Å². The standard InChI is InChI=1S/C8H17O2/c1-6(2)7(10-9)8(3,4)5/h7,9H,1-5H3. The van der Waals surface area contributed by atoms with E-state index in [1.165, 1.54) is 0 Å². The third kappa shape index (κ3) is 2.67. The molecule has 0 heterocycles. The van der Waals surface area contributed by atoms with Gasteiger partial charge in [-0.05, 0) is 5.41 Å². The summed E-state index contributed by atoms with van der Waals surface area (Å²) < 4.78 is 0. The molecule has 61 valence electrons. The fourth-order valence-corrected chi connectivity index (χ4v) is 1.13. The van der Waals surface area contributed by atoms with Gasteiger partial charge in [0.1, 0.15) is 6.10 Å². The maximum Gasteiger partial charge on any atom is 0.103 e. The molecule has 0 saturated carbocycles. The van der Waals surface area contributed by atoms with Crippen LogP contribution in [0.5, 0.6) is 0 Å². The Labute approximate surface area is 63.1 Å². The van der Waals surface area contributed by atoms with Crippen LogP contribution in [0.15, 0.2) is 0 Å². The van der Waals surface area contributed by atoms with Crippen LogP contribution >= 0.6 is 0 Å². The number of rotatable bonds is 2. The second-order valence-corrected chi connectivity index (χ2v) is 3.93. The van der Waals surface area contributed by atoms with Crippen LogP contribution in [0.3, 0.4) is 0 Å². The second kappa shape index (κ2) is 3.35. The summed E-state index contributed by atoms with van der Waals surface area (Å²) in [5.74, 6) is 1.09. The Morgan fingerprint density at radius 2 is 1.70 bits per heavy atom. The van der Waals surface area contributed by atoms with Gasteiger partial charge in [0.2, 0.25) is 0 Å². The summed E-state index contributed by atoms with van der Waals surface area (Å²) in [6.07, 6.45) is -0.160. The lowest BCUT2D eigenvalue weighted by molar-refractivity contribution is -0.293. The van der Waals surface area contributed by atoms with Crippen molar-refractivity contribution in [3.05, 3.63) is 5.92 Å². The molecular formula is C8H17O2. The second-order valence-electron chi connectivity index (χ2n) is 3.93. The van der Waals surface area contributed by atoms with E-state index in [4.69, 9.17) is 5.26 Å². The highest BCUT2D eigenvalue weighted by Crippen LogP contribution is 2.28. The van der Waals surface area contributed by atoms with Crippen molar-refractivity contribution in [3.8, 4) is 0 Å². The highest BCUT2D eigenvalue weighted by molar-refractivity contribution is 4.94. The van der Waals surface area contributed by atoms with E-state index in [2.05, 4.69) is 4.89 Å². The quantitative estimate of drug-likeness (QED) is 0.478. The zero-order valence-corrected chi connectivity index (χ0v) is 7.43. The molecular weight excluding hydrogens is 128 g/mol. The van der Waals surface area contributed by atoms with Crippen LogP contribution in [-0.2, 0) is 4.89 Å². The predicted molar refractivity (Wildman–Crippen MR) is 41.5 cm³/mol. The highest BCUT2D eigenvalue weighted by Gasteiger charge is 2.28. The molecule has 2 nitrogen and oxygen atoms in total. The van der Waals surface area contributed by atoms with Crippen LogP contribution in [-0.4, -0.2) is 11.4 Å². The topological polar surface area (TPSA) is 29.5 Å². The van der Waals surface area contributed by atoms with Crippen LogP contribution in [0.2, 0.25) is 0 Å². The van der Waals surface area contributed by atoms with Crippen LogP contribution in [0, 0.1) is 11.3 Å². The Balaban J connectivity index is 4.07. The van der Waals surface area contributed by atoms with Gasteiger partial charge in [-0.3, -0.25) is 5.26 Å². The molecule has 1 radical (unpaired) electrons. The highest BCUT2D eigenvalue weighted by atomic mass is 17.1.